The molecule has 0 aliphatic carbocycles. The maximum atomic E-state index is 11.3. The van der Waals surface area contributed by atoms with E-state index in [1.54, 1.807) is 18.2 Å². The van der Waals surface area contributed by atoms with E-state index in [-0.39, 0.29) is 5.56 Å². The largest absolute Gasteiger partial charge is 0.478 e. The van der Waals surface area contributed by atoms with Gasteiger partial charge in [-0.1, -0.05) is 42.5 Å². The number of benzene rings is 2. The molecule has 2 aromatic carbocycles. The van der Waals surface area contributed by atoms with Crippen LogP contribution in [0, 0.1) is 0 Å². The Hall–Kier alpha value is -3.87. The number of nitrogens with one attached hydrogen (secondary N) is 1. The van der Waals surface area contributed by atoms with Gasteiger partial charge in [0, 0.05) is 38.1 Å². The van der Waals surface area contributed by atoms with Gasteiger partial charge in [-0.15, -0.1) is 0 Å². The first kappa shape index (κ1) is 20.4. The highest BCUT2D eigenvalue weighted by molar-refractivity contribution is 5.96. The smallest absolute Gasteiger partial charge is 0.335 e. The van der Waals surface area contributed by atoms with Gasteiger partial charge in [0.2, 0.25) is 0 Å². The van der Waals surface area contributed by atoms with Crippen LogP contribution in [-0.2, 0) is 6.54 Å². The maximum absolute atomic E-state index is 11.3. The van der Waals surface area contributed by atoms with Crippen molar-refractivity contribution >= 4 is 23.4 Å². The predicted octanol–water partition coefficient (Wildman–Crippen LogP) is 3.57. The normalized spacial score (nSPS) is 14.4. The predicted molar refractivity (Wildman–Crippen MR) is 123 cm³/mol. The summed E-state index contributed by atoms with van der Waals surface area (Å²) in [5.74, 6) is 0.773. The Morgan fingerprint density at radius 3 is 2.45 bits per heavy atom. The van der Waals surface area contributed by atoms with E-state index in [0.29, 0.717) is 12.2 Å². The third-order valence-electron chi connectivity index (χ3n) is 5.17. The molecule has 2 N–H and O–H groups in total. The molecule has 158 valence electrons. The first-order valence-electron chi connectivity index (χ1n) is 10.3. The zero-order valence-corrected chi connectivity index (χ0v) is 17.2. The molecule has 0 amide bonds. The lowest BCUT2D eigenvalue weighted by molar-refractivity contribution is 0.0697. The number of hydrogen-bond acceptors (Lipinski definition) is 4. The van der Waals surface area contributed by atoms with Crippen molar-refractivity contribution in [3.63, 3.8) is 0 Å². The molecule has 7 heteroatoms. The fraction of sp³-hybridized carbons (Fsp3) is 0.208. The quantitative estimate of drug-likeness (QED) is 0.490. The van der Waals surface area contributed by atoms with Crippen molar-refractivity contribution in [3.05, 3.63) is 90.1 Å². The van der Waals surface area contributed by atoms with Crippen LogP contribution in [0.25, 0.3) is 0 Å². The molecule has 0 atom stereocenters. The Kier molecular flexibility index (Phi) is 6.42. The number of pyridine rings is 1. The van der Waals surface area contributed by atoms with Crippen LogP contribution in [0.3, 0.4) is 0 Å². The van der Waals surface area contributed by atoms with Gasteiger partial charge < -0.3 is 20.2 Å². The Morgan fingerprint density at radius 1 is 0.968 bits per heavy atom. The van der Waals surface area contributed by atoms with Crippen LogP contribution in [0.2, 0.25) is 0 Å². The molecule has 0 saturated carbocycles. The van der Waals surface area contributed by atoms with Gasteiger partial charge in [0.05, 0.1) is 12.1 Å². The lowest BCUT2D eigenvalue weighted by atomic mass is 10.2. The number of rotatable bonds is 5. The number of carboxylic acids is 1. The fourth-order valence-electron chi connectivity index (χ4n) is 3.52. The third kappa shape index (κ3) is 5.39. The summed E-state index contributed by atoms with van der Waals surface area (Å²) in [5, 5.41) is 12.6. The van der Waals surface area contributed by atoms with Gasteiger partial charge in [-0.05, 0) is 35.9 Å². The van der Waals surface area contributed by atoms with Crippen LogP contribution < -0.4 is 10.2 Å². The number of guanidine groups is 1. The lowest BCUT2D eigenvalue weighted by Crippen LogP contribution is -2.51. The summed E-state index contributed by atoms with van der Waals surface area (Å²) >= 11 is 0. The average molecular weight is 415 g/mol. The second kappa shape index (κ2) is 9.75. The van der Waals surface area contributed by atoms with Gasteiger partial charge in [0.1, 0.15) is 5.82 Å². The molecular formula is C24H25N5O2. The van der Waals surface area contributed by atoms with Crippen molar-refractivity contribution in [1.29, 1.82) is 0 Å². The number of aliphatic imine (C=N–C) groups is 1. The number of aromatic nitrogens is 1. The molecule has 1 saturated heterocycles. The summed E-state index contributed by atoms with van der Waals surface area (Å²) in [7, 11) is 0. The second-order valence-corrected chi connectivity index (χ2v) is 7.30. The summed E-state index contributed by atoms with van der Waals surface area (Å²) < 4.78 is 0. The molecule has 4 rings (SSSR count). The van der Waals surface area contributed by atoms with E-state index in [0.717, 1.165) is 43.5 Å². The fourth-order valence-corrected chi connectivity index (χ4v) is 3.52. The van der Waals surface area contributed by atoms with Crippen LogP contribution in [0.15, 0.2) is 84.0 Å². The summed E-state index contributed by atoms with van der Waals surface area (Å²) in [5.41, 5.74) is 2.07. The Morgan fingerprint density at radius 2 is 1.74 bits per heavy atom. The molecule has 7 nitrogen and oxygen atoms in total. The van der Waals surface area contributed by atoms with Gasteiger partial charge in [-0.2, -0.15) is 0 Å². The van der Waals surface area contributed by atoms with Crippen molar-refractivity contribution in [1.82, 2.24) is 9.88 Å². The molecule has 0 spiro atoms. The van der Waals surface area contributed by atoms with Gasteiger partial charge in [-0.3, -0.25) is 0 Å². The van der Waals surface area contributed by atoms with Gasteiger partial charge in [0.15, 0.2) is 5.96 Å². The summed E-state index contributed by atoms with van der Waals surface area (Å²) in [6, 6.07) is 22.8. The molecule has 3 aromatic rings. The maximum Gasteiger partial charge on any atom is 0.335 e. The number of nitrogens with zero attached hydrogens (tertiary/aromatic N) is 4. The molecule has 1 aliphatic rings. The van der Waals surface area contributed by atoms with E-state index in [1.807, 2.05) is 60.8 Å². The van der Waals surface area contributed by atoms with E-state index in [2.05, 4.69) is 20.1 Å². The Balaban J connectivity index is 1.51. The highest BCUT2D eigenvalue weighted by Gasteiger charge is 2.21. The second-order valence-electron chi connectivity index (χ2n) is 7.30. The first-order chi connectivity index (χ1) is 15.2. The lowest BCUT2D eigenvalue weighted by Gasteiger charge is -2.37. The average Bonchev–Trinajstić information content (AvgIpc) is 2.83. The van der Waals surface area contributed by atoms with E-state index in [9.17, 15) is 9.90 Å². The van der Waals surface area contributed by atoms with E-state index < -0.39 is 5.97 Å². The third-order valence-corrected chi connectivity index (χ3v) is 5.17. The SMILES string of the molecule is O=C(O)c1cccc(NC(=NCc2ccccc2)N2CCN(c3ccccn3)CC2)c1. The number of carboxylic acid groups (broad SMARTS) is 1. The van der Waals surface area contributed by atoms with Crippen molar-refractivity contribution in [2.45, 2.75) is 6.54 Å². The molecule has 1 aromatic heterocycles. The van der Waals surface area contributed by atoms with Crippen LogP contribution in [0.5, 0.6) is 0 Å². The van der Waals surface area contributed by atoms with Crippen molar-refractivity contribution in [2.24, 2.45) is 4.99 Å². The van der Waals surface area contributed by atoms with Crippen LogP contribution in [0.1, 0.15) is 15.9 Å². The Bertz CT molecular complexity index is 1030. The summed E-state index contributed by atoms with van der Waals surface area (Å²) in [6.07, 6.45) is 1.81. The van der Waals surface area contributed by atoms with Gasteiger partial charge >= 0.3 is 5.97 Å². The summed E-state index contributed by atoms with van der Waals surface area (Å²) in [6.45, 7) is 3.78. The topological polar surface area (TPSA) is 81.1 Å². The molecule has 0 bridgehead atoms. The number of piperazine rings is 1. The monoisotopic (exact) mass is 415 g/mol. The molecule has 0 unspecified atom stereocenters. The highest BCUT2D eigenvalue weighted by atomic mass is 16.4. The molecule has 0 radical (unpaired) electrons. The minimum absolute atomic E-state index is 0.243. The molecule has 1 fully saturated rings. The minimum atomic E-state index is -0.949. The molecule has 2 heterocycles. The highest BCUT2D eigenvalue weighted by Crippen LogP contribution is 2.16. The zero-order chi connectivity index (χ0) is 21.5. The van der Waals surface area contributed by atoms with Crippen LogP contribution >= 0.6 is 0 Å². The van der Waals surface area contributed by atoms with Crippen LogP contribution in [-0.4, -0.2) is 53.1 Å². The molecule has 31 heavy (non-hydrogen) atoms. The number of carbonyl (C=O) groups is 1. The van der Waals surface area contributed by atoms with E-state index in [1.165, 1.54) is 0 Å². The standard InChI is InChI=1S/C24H25N5O2/c30-23(31)20-9-6-10-21(17-20)27-24(26-18-19-7-2-1-3-8-19)29-15-13-28(14-16-29)22-11-4-5-12-25-22/h1-12,17H,13-16,18H2,(H,26,27)(H,30,31). The van der Waals surface area contributed by atoms with Crippen molar-refractivity contribution < 1.29 is 9.90 Å². The first-order valence-corrected chi connectivity index (χ1v) is 10.3. The summed E-state index contributed by atoms with van der Waals surface area (Å²) in [4.78, 5) is 25.1. The van der Waals surface area contributed by atoms with E-state index in [4.69, 9.17) is 4.99 Å². The molecular weight excluding hydrogens is 390 g/mol. The van der Waals surface area contributed by atoms with Gasteiger partial charge in [-0.25, -0.2) is 14.8 Å². The number of aromatic carboxylic acids is 1. The number of anilines is 2. The number of hydrogen-bond donors (Lipinski definition) is 2. The van der Waals surface area contributed by atoms with Gasteiger partial charge in [0.25, 0.3) is 0 Å². The van der Waals surface area contributed by atoms with Crippen molar-refractivity contribution in [3.8, 4) is 0 Å². The molecule has 1 aliphatic heterocycles. The van der Waals surface area contributed by atoms with Crippen molar-refractivity contribution in [2.75, 3.05) is 36.4 Å². The zero-order valence-electron chi connectivity index (χ0n) is 17.2. The minimum Gasteiger partial charge on any atom is -0.478 e. The van der Waals surface area contributed by atoms with Crippen LogP contribution in [0.4, 0.5) is 11.5 Å². The van der Waals surface area contributed by atoms with E-state index >= 15 is 0 Å². The Labute approximate surface area is 181 Å².